The van der Waals surface area contributed by atoms with Crippen LogP contribution in [-0.2, 0) is 6.42 Å². The average Bonchev–Trinajstić information content (AvgIpc) is 2.04. The third kappa shape index (κ3) is 2.51. The Kier molecular flexibility index (Phi) is 2.80. The number of aryl methyl sites for hydroxylation is 1. The first kappa shape index (κ1) is 7.94. The first-order chi connectivity index (χ1) is 5.33. The third-order valence-electron chi connectivity index (χ3n) is 1.33. The molecule has 0 atom stereocenters. The molecule has 1 aromatic heterocycles. The van der Waals surface area contributed by atoms with Gasteiger partial charge in [0.2, 0.25) is 0 Å². The van der Waals surface area contributed by atoms with Crippen molar-refractivity contribution in [2.24, 2.45) is 0 Å². The van der Waals surface area contributed by atoms with Gasteiger partial charge in [-0.25, -0.2) is 5.10 Å². The van der Waals surface area contributed by atoms with Gasteiger partial charge >= 0.3 is 0 Å². The average molecular weight is 154 g/mol. The first-order valence-corrected chi connectivity index (χ1v) is 3.48. The molecule has 2 N–H and O–H groups in total. The Hall–Kier alpha value is -1.16. The van der Waals surface area contributed by atoms with Gasteiger partial charge in [0.1, 0.15) is 0 Å². The van der Waals surface area contributed by atoms with Gasteiger partial charge in [-0.15, -0.1) is 0 Å². The van der Waals surface area contributed by atoms with E-state index in [-0.39, 0.29) is 12.2 Å². The fourth-order valence-electron chi connectivity index (χ4n) is 0.773. The SMILES string of the molecule is O=c1ccc(CCCO)n[nH]1. The Morgan fingerprint density at radius 3 is 2.91 bits per heavy atom. The number of nitrogens with zero attached hydrogens (tertiary/aromatic N) is 1. The molecule has 0 spiro atoms. The molecule has 60 valence electrons. The quantitative estimate of drug-likeness (QED) is 0.627. The first-order valence-electron chi connectivity index (χ1n) is 3.48. The second-order valence-electron chi connectivity index (χ2n) is 2.24. The highest BCUT2D eigenvalue weighted by molar-refractivity contribution is 4.99. The molecule has 11 heavy (non-hydrogen) atoms. The molecule has 0 fully saturated rings. The molecule has 0 saturated heterocycles. The zero-order valence-corrected chi connectivity index (χ0v) is 6.08. The molecule has 0 saturated carbocycles. The molecule has 4 nitrogen and oxygen atoms in total. The summed E-state index contributed by atoms with van der Waals surface area (Å²) in [5.41, 5.74) is 0.608. The van der Waals surface area contributed by atoms with Crippen molar-refractivity contribution < 1.29 is 5.11 Å². The van der Waals surface area contributed by atoms with Crippen LogP contribution in [0, 0.1) is 0 Å². The summed E-state index contributed by atoms with van der Waals surface area (Å²) in [5, 5.41) is 14.6. The molecular weight excluding hydrogens is 144 g/mol. The highest BCUT2D eigenvalue weighted by Crippen LogP contribution is 1.93. The molecule has 0 amide bonds. The second kappa shape index (κ2) is 3.88. The number of aliphatic hydroxyl groups excluding tert-OH is 1. The summed E-state index contributed by atoms with van der Waals surface area (Å²) in [6.07, 6.45) is 1.38. The maximum absolute atomic E-state index is 10.5. The number of aromatic nitrogens is 2. The second-order valence-corrected chi connectivity index (χ2v) is 2.24. The highest BCUT2D eigenvalue weighted by atomic mass is 16.2. The van der Waals surface area contributed by atoms with Gasteiger partial charge in [0.25, 0.3) is 5.56 Å². The highest BCUT2D eigenvalue weighted by Gasteiger charge is 1.92. The Bertz CT molecular complexity index is 249. The standard InChI is InChI=1S/C7H10N2O2/c10-5-1-2-6-3-4-7(11)9-8-6/h3-4,10H,1-2,5H2,(H,9,11). The van der Waals surface area contributed by atoms with Crippen LogP contribution >= 0.6 is 0 Å². The van der Waals surface area contributed by atoms with Crippen molar-refractivity contribution in [2.75, 3.05) is 6.61 Å². The third-order valence-corrected chi connectivity index (χ3v) is 1.33. The molecule has 0 radical (unpaired) electrons. The van der Waals surface area contributed by atoms with Gasteiger partial charge in [-0.2, -0.15) is 5.10 Å². The molecule has 0 aliphatic carbocycles. The minimum Gasteiger partial charge on any atom is -0.396 e. The van der Waals surface area contributed by atoms with E-state index in [1.807, 2.05) is 0 Å². The van der Waals surface area contributed by atoms with E-state index in [9.17, 15) is 4.79 Å². The molecule has 0 bridgehead atoms. The van der Waals surface area contributed by atoms with Crippen LogP contribution in [-0.4, -0.2) is 21.9 Å². The number of hydrogen-bond acceptors (Lipinski definition) is 3. The lowest BCUT2D eigenvalue weighted by molar-refractivity contribution is 0.288. The summed E-state index contributed by atoms with van der Waals surface area (Å²) >= 11 is 0. The van der Waals surface area contributed by atoms with E-state index < -0.39 is 0 Å². The number of hydrogen-bond donors (Lipinski definition) is 2. The molecule has 0 aromatic carbocycles. The van der Waals surface area contributed by atoms with E-state index in [0.29, 0.717) is 12.8 Å². The van der Waals surface area contributed by atoms with E-state index in [4.69, 9.17) is 5.11 Å². The van der Waals surface area contributed by atoms with Crippen molar-refractivity contribution in [2.45, 2.75) is 12.8 Å². The van der Waals surface area contributed by atoms with Crippen molar-refractivity contribution >= 4 is 0 Å². The van der Waals surface area contributed by atoms with Gasteiger partial charge in [0.15, 0.2) is 0 Å². The summed E-state index contributed by atoms with van der Waals surface area (Å²) in [5.74, 6) is 0. The van der Waals surface area contributed by atoms with Crippen molar-refractivity contribution in [3.63, 3.8) is 0 Å². The minimum atomic E-state index is -0.197. The van der Waals surface area contributed by atoms with Gasteiger partial charge in [-0.05, 0) is 18.9 Å². The minimum absolute atomic E-state index is 0.154. The maximum Gasteiger partial charge on any atom is 0.264 e. The fraction of sp³-hybridized carbons (Fsp3) is 0.429. The zero-order valence-electron chi connectivity index (χ0n) is 6.08. The van der Waals surface area contributed by atoms with E-state index in [0.717, 1.165) is 5.69 Å². The Labute approximate surface area is 63.9 Å². The van der Waals surface area contributed by atoms with Crippen molar-refractivity contribution in [3.05, 3.63) is 28.2 Å². The topological polar surface area (TPSA) is 66.0 Å². The lowest BCUT2D eigenvalue weighted by Gasteiger charge is -1.94. The monoisotopic (exact) mass is 154 g/mol. The number of nitrogens with one attached hydrogen (secondary N) is 1. The van der Waals surface area contributed by atoms with E-state index in [1.165, 1.54) is 6.07 Å². The van der Waals surface area contributed by atoms with Crippen LogP contribution in [0.15, 0.2) is 16.9 Å². The van der Waals surface area contributed by atoms with Gasteiger partial charge < -0.3 is 5.11 Å². The van der Waals surface area contributed by atoms with Crippen LogP contribution in [0.1, 0.15) is 12.1 Å². The van der Waals surface area contributed by atoms with Crippen molar-refractivity contribution in [1.82, 2.24) is 10.2 Å². The van der Waals surface area contributed by atoms with Gasteiger partial charge in [0.05, 0.1) is 5.69 Å². The lowest BCUT2D eigenvalue weighted by atomic mass is 10.2. The van der Waals surface area contributed by atoms with Gasteiger partial charge in [-0.1, -0.05) is 0 Å². The van der Waals surface area contributed by atoms with Gasteiger partial charge in [-0.3, -0.25) is 4.79 Å². The number of rotatable bonds is 3. The van der Waals surface area contributed by atoms with E-state index in [2.05, 4.69) is 10.2 Å². The number of aromatic amines is 1. The fourth-order valence-corrected chi connectivity index (χ4v) is 0.773. The normalized spacial score (nSPS) is 9.91. The summed E-state index contributed by atoms with van der Waals surface area (Å²) in [6.45, 7) is 0.154. The van der Waals surface area contributed by atoms with Crippen molar-refractivity contribution in [1.29, 1.82) is 0 Å². The smallest absolute Gasteiger partial charge is 0.264 e. The predicted octanol–water partition coefficient (Wildman–Crippen LogP) is -0.305. The summed E-state index contributed by atoms with van der Waals surface area (Å²) in [6, 6.07) is 3.09. The van der Waals surface area contributed by atoms with E-state index in [1.54, 1.807) is 6.07 Å². The van der Waals surface area contributed by atoms with Crippen LogP contribution in [0.2, 0.25) is 0 Å². The molecule has 1 rings (SSSR count). The number of aliphatic hydroxyl groups is 1. The zero-order chi connectivity index (χ0) is 8.10. The van der Waals surface area contributed by atoms with Crippen LogP contribution in [0.25, 0.3) is 0 Å². The summed E-state index contributed by atoms with van der Waals surface area (Å²) in [7, 11) is 0. The maximum atomic E-state index is 10.5. The lowest BCUT2D eigenvalue weighted by Crippen LogP contribution is -2.07. The van der Waals surface area contributed by atoms with Crippen molar-refractivity contribution in [3.8, 4) is 0 Å². The molecule has 0 aliphatic heterocycles. The molecule has 1 aromatic rings. The summed E-state index contributed by atoms with van der Waals surface area (Å²) < 4.78 is 0. The summed E-state index contributed by atoms with van der Waals surface area (Å²) in [4.78, 5) is 10.5. The predicted molar refractivity (Wildman–Crippen MR) is 40.3 cm³/mol. The van der Waals surface area contributed by atoms with Crippen LogP contribution in [0.4, 0.5) is 0 Å². The number of H-pyrrole nitrogens is 1. The molecule has 4 heteroatoms. The van der Waals surface area contributed by atoms with Crippen LogP contribution in [0.3, 0.4) is 0 Å². The van der Waals surface area contributed by atoms with E-state index >= 15 is 0 Å². The molecule has 0 aliphatic rings. The van der Waals surface area contributed by atoms with Gasteiger partial charge in [0, 0.05) is 12.7 Å². The Morgan fingerprint density at radius 2 is 2.36 bits per heavy atom. The molecule has 0 unspecified atom stereocenters. The molecular formula is C7H10N2O2. The van der Waals surface area contributed by atoms with Crippen LogP contribution < -0.4 is 5.56 Å². The Morgan fingerprint density at radius 1 is 1.55 bits per heavy atom. The van der Waals surface area contributed by atoms with Crippen LogP contribution in [0.5, 0.6) is 0 Å². The largest absolute Gasteiger partial charge is 0.396 e. The molecule has 1 heterocycles. The Balaban J connectivity index is 2.59.